The first kappa shape index (κ1) is 13.6. The van der Waals surface area contributed by atoms with Crippen molar-refractivity contribution >= 4 is 25.8 Å². The van der Waals surface area contributed by atoms with Crippen molar-refractivity contribution in [3.05, 3.63) is 34.1 Å². The number of benzene rings is 1. The van der Waals surface area contributed by atoms with E-state index in [1.165, 1.54) is 18.4 Å². The second-order valence-corrected chi connectivity index (χ2v) is 6.66. The van der Waals surface area contributed by atoms with Gasteiger partial charge in [0.2, 0.25) is 0 Å². The molecular weight excluding hydrogens is 297 g/mol. The van der Waals surface area contributed by atoms with Gasteiger partial charge in [0.05, 0.1) is 5.75 Å². The maximum atomic E-state index is 12.9. The van der Waals surface area contributed by atoms with Gasteiger partial charge in [-0.3, -0.25) is 0 Å². The second-order valence-electron chi connectivity index (χ2n) is 3.54. The van der Waals surface area contributed by atoms with Gasteiger partial charge in [0.25, 0.3) is 0 Å². The summed E-state index contributed by atoms with van der Waals surface area (Å²) in [6.07, 6.45) is 1.19. The minimum Gasteiger partial charge on any atom is -0.312 e. The van der Waals surface area contributed by atoms with Crippen LogP contribution in [0.15, 0.2) is 22.7 Å². The largest absolute Gasteiger partial charge is 0.312 e. The van der Waals surface area contributed by atoms with Crippen LogP contribution in [0.1, 0.15) is 5.56 Å². The first-order valence-corrected chi connectivity index (χ1v) is 7.56. The molecule has 0 bridgehead atoms. The van der Waals surface area contributed by atoms with Crippen LogP contribution in [0.5, 0.6) is 0 Å². The lowest BCUT2D eigenvalue weighted by Crippen LogP contribution is -2.22. The Bertz CT molecular complexity index is 462. The van der Waals surface area contributed by atoms with Crippen molar-refractivity contribution < 1.29 is 12.8 Å². The van der Waals surface area contributed by atoms with Gasteiger partial charge in [-0.05, 0) is 23.8 Å². The zero-order valence-electron chi connectivity index (χ0n) is 8.83. The van der Waals surface area contributed by atoms with E-state index in [0.717, 1.165) is 10.0 Å². The fourth-order valence-corrected chi connectivity index (χ4v) is 2.06. The fraction of sp³-hybridized carbons (Fsp3) is 0.400. The average molecular weight is 310 g/mol. The van der Waals surface area contributed by atoms with Crippen LogP contribution in [0.3, 0.4) is 0 Å². The summed E-state index contributed by atoms with van der Waals surface area (Å²) in [6.45, 7) is 0.801. The van der Waals surface area contributed by atoms with Crippen LogP contribution >= 0.6 is 15.9 Å². The molecule has 0 heterocycles. The van der Waals surface area contributed by atoms with Gasteiger partial charge in [-0.1, -0.05) is 15.9 Å². The van der Waals surface area contributed by atoms with Crippen LogP contribution in [0.25, 0.3) is 0 Å². The Morgan fingerprint density at radius 2 is 2.12 bits per heavy atom. The van der Waals surface area contributed by atoms with E-state index in [4.69, 9.17) is 0 Å². The van der Waals surface area contributed by atoms with Gasteiger partial charge in [-0.25, -0.2) is 12.8 Å². The van der Waals surface area contributed by atoms with E-state index >= 15 is 0 Å². The SMILES string of the molecule is CS(=O)(=O)CCNCc1cc(F)ccc1Br. The molecule has 0 saturated heterocycles. The Morgan fingerprint density at radius 1 is 1.44 bits per heavy atom. The minimum absolute atomic E-state index is 0.0833. The lowest BCUT2D eigenvalue weighted by molar-refractivity contribution is 0.595. The van der Waals surface area contributed by atoms with Crippen molar-refractivity contribution in [2.24, 2.45) is 0 Å². The number of hydrogen-bond donors (Lipinski definition) is 1. The van der Waals surface area contributed by atoms with Crippen LogP contribution in [-0.4, -0.2) is 27.0 Å². The van der Waals surface area contributed by atoms with Gasteiger partial charge in [0.1, 0.15) is 15.7 Å². The molecule has 0 aliphatic heterocycles. The normalized spacial score (nSPS) is 11.7. The number of hydrogen-bond acceptors (Lipinski definition) is 3. The van der Waals surface area contributed by atoms with Gasteiger partial charge in [0, 0.05) is 23.8 Å². The molecule has 0 atom stereocenters. The van der Waals surface area contributed by atoms with E-state index in [0.29, 0.717) is 13.1 Å². The Balaban J connectivity index is 2.46. The predicted octanol–water partition coefficient (Wildman–Crippen LogP) is 1.72. The highest BCUT2D eigenvalue weighted by Gasteiger charge is 2.03. The van der Waals surface area contributed by atoms with Crippen LogP contribution in [-0.2, 0) is 16.4 Å². The molecule has 0 fully saturated rings. The number of rotatable bonds is 5. The van der Waals surface area contributed by atoms with Crippen LogP contribution in [0, 0.1) is 5.82 Å². The van der Waals surface area contributed by atoms with Crippen LogP contribution in [0.4, 0.5) is 4.39 Å². The molecule has 1 N–H and O–H groups in total. The van der Waals surface area contributed by atoms with Crippen LogP contribution < -0.4 is 5.32 Å². The summed E-state index contributed by atoms with van der Waals surface area (Å²) >= 11 is 3.30. The predicted molar refractivity (Wildman–Crippen MR) is 65.5 cm³/mol. The van der Waals surface area contributed by atoms with E-state index in [9.17, 15) is 12.8 Å². The average Bonchev–Trinajstić information content (AvgIpc) is 2.16. The topological polar surface area (TPSA) is 46.2 Å². The smallest absolute Gasteiger partial charge is 0.148 e. The monoisotopic (exact) mass is 309 g/mol. The lowest BCUT2D eigenvalue weighted by Gasteiger charge is -2.06. The fourth-order valence-electron chi connectivity index (χ4n) is 1.16. The Labute approximate surface area is 103 Å². The molecule has 0 spiro atoms. The van der Waals surface area contributed by atoms with Crippen molar-refractivity contribution in [2.75, 3.05) is 18.6 Å². The Morgan fingerprint density at radius 3 is 2.75 bits per heavy atom. The number of sulfone groups is 1. The quantitative estimate of drug-likeness (QED) is 0.843. The summed E-state index contributed by atoms with van der Waals surface area (Å²) in [5.74, 6) is -0.219. The molecule has 0 unspecified atom stereocenters. The van der Waals surface area contributed by atoms with E-state index in [-0.39, 0.29) is 11.6 Å². The zero-order chi connectivity index (χ0) is 12.2. The van der Waals surface area contributed by atoms with Crippen molar-refractivity contribution in [1.82, 2.24) is 5.32 Å². The summed E-state index contributed by atoms with van der Waals surface area (Å²) in [4.78, 5) is 0. The third-order valence-corrected chi connectivity index (χ3v) is 3.69. The van der Waals surface area contributed by atoms with E-state index in [1.807, 2.05) is 0 Å². The highest BCUT2D eigenvalue weighted by molar-refractivity contribution is 9.10. The van der Waals surface area contributed by atoms with E-state index in [1.54, 1.807) is 6.07 Å². The van der Waals surface area contributed by atoms with Gasteiger partial charge in [-0.15, -0.1) is 0 Å². The molecule has 1 aromatic rings. The molecular formula is C10H13BrFNO2S. The third-order valence-electron chi connectivity index (χ3n) is 1.97. The molecule has 16 heavy (non-hydrogen) atoms. The van der Waals surface area contributed by atoms with Gasteiger partial charge >= 0.3 is 0 Å². The second kappa shape index (κ2) is 5.75. The van der Waals surface area contributed by atoms with Gasteiger partial charge in [-0.2, -0.15) is 0 Å². The first-order chi connectivity index (χ1) is 7.38. The molecule has 3 nitrogen and oxygen atoms in total. The molecule has 0 saturated carbocycles. The molecule has 6 heteroatoms. The maximum Gasteiger partial charge on any atom is 0.148 e. The molecule has 1 aromatic carbocycles. The zero-order valence-corrected chi connectivity index (χ0v) is 11.2. The summed E-state index contributed by atoms with van der Waals surface area (Å²) in [6, 6.07) is 4.41. The summed E-state index contributed by atoms with van der Waals surface area (Å²) in [7, 11) is -2.95. The Kier molecular flexibility index (Phi) is 4.89. The highest BCUT2D eigenvalue weighted by atomic mass is 79.9. The minimum atomic E-state index is -2.95. The van der Waals surface area contributed by atoms with Crippen molar-refractivity contribution in [3.8, 4) is 0 Å². The standard InChI is InChI=1S/C10H13BrFNO2S/c1-16(14,15)5-4-13-7-8-6-9(12)2-3-10(8)11/h2-3,6,13H,4-5,7H2,1H3. The van der Waals surface area contributed by atoms with Crippen molar-refractivity contribution in [2.45, 2.75) is 6.54 Å². The highest BCUT2D eigenvalue weighted by Crippen LogP contribution is 2.17. The van der Waals surface area contributed by atoms with Crippen molar-refractivity contribution in [1.29, 1.82) is 0 Å². The molecule has 1 rings (SSSR count). The van der Waals surface area contributed by atoms with Crippen LogP contribution in [0.2, 0.25) is 0 Å². The summed E-state index contributed by atoms with van der Waals surface area (Å²) in [5, 5.41) is 2.95. The molecule has 0 radical (unpaired) electrons. The summed E-state index contributed by atoms with van der Waals surface area (Å²) < 4.78 is 35.4. The van der Waals surface area contributed by atoms with E-state index < -0.39 is 9.84 Å². The summed E-state index contributed by atoms with van der Waals surface area (Å²) in [5.41, 5.74) is 0.772. The van der Waals surface area contributed by atoms with E-state index in [2.05, 4.69) is 21.2 Å². The molecule has 0 amide bonds. The third kappa shape index (κ3) is 5.05. The molecule has 90 valence electrons. The maximum absolute atomic E-state index is 12.9. The molecule has 0 aromatic heterocycles. The molecule has 0 aliphatic carbocycles. The van der Waals surface area contributed by atoms with Gasteiger partial charge < -0.3 is 5.32 Å². The lowest BCUT2D eigenvalue weighted by atomic mass is 10.2. The first-order valence-electron chi connectivity index (χ1n) is 4.71. The number of nitrogens with one attached hydrogen (secondary N) is 1. The van der Waals surface area contributed by atoms with Crippen molar-refractivity contribution in [3.63, 3.8) is 0 Å². The Hall–Kier alpha value is -0.460. The van der Waals surface area contributed by atoms with Gasteiger partial charge in [0.15, 0.2) is 0 Å². The molecule has 0 aliphatic rings. The number of halogens is 2.